The number of alkyl halides is 3. The quantitative estimate of drug-likeness (QED) is 0.826. The standard InChI is InChI=1S/C19H19F3N2O2/c20-19(21,22)15-8-6-14(7-9-15)18(25)24-11-3-5-17(12-24)26-13-16-4-1-2-10-23-16/h1-2,4,6-10,17H,3,5,11-13H2/t17-/m1/s1. The van der Waals surface area contributed by atoms with Gasteiger partial charge in [-0.15, -0.1) is 0 Å². The second-order valence-corrected chi connectivity index (χ2v) is 6.22. The number of hydrogen-bond donors (Lipinski definition) is 0. The van der Waals surface area contributed by atoms with Gasteiger partial charge in [-0.05, 0) is 49.2 Å². The van der Waals surface area contributed by atoms with Gasteiger partial charge in [-0.25, -0.2) is 0 Å². The van der Waals surface area contributed by atoms with Crippen LogP contribution in [0.25, 0.3) is 0 Å². The van der Waals surface area contributed by atoms with Crippen molar-refractivity contribution >= 4 is 5.91 Å². The van der Waals surface area contributed by atoms with E-state index in [1.807, 2.05) is 18.2 Å². The highest BCUT2D eigenvalue weighted by Crippen LogP contribution is 2.29. The molecule has 1 fully saturated rings. The van der Waals surface area contributed by atoms with E-state index in [1.165, 1.54) is 12.1 Å². The number of rotatable bonds is 4. The molecule has 0 unspecified atom stereocenters. The maximum atomic E-state index is 12.6. The van der Waals surface area contributed by atoms with E-state index in [9.17, 15) is 18.0 Å². The topological polar surface area (TPSA) is 42.4 Å². The van der Waals surface area contributed by atoms with Gasteiger partial charge in [-0.2, -0.15) is 13.2 Å². The van der Waals surface area contributed by atoms with E-state index in [0.717, 1.165) is 30.7 Å². The Labute approximate surface area is 149 Å². The Morgan fingerprint density at radius 1 is 1.19 bits per heavy atom. The van der Waals surface area contributed by atoms with E-state index in [0.29, 0.717) is 19.7 Å². The van der Waals surface area contributed by atoms with Crippen molar-refractivity contribution in [3.63, 3.8) is 0 Å². The summed E-state index contributed by atoms with van der Waals surface area (Å²) in [5.41, 5.74) is 0.311. The minimum Gasteiger partial charge on any atom is -0.370 e. The fraction of sp³-hybridized carbons (Fsp3) is 0.368. The molecule has 1 aromatic carbocycles. The van der Waals surface area contributed by atoms with Gasteiger partial charge in [0.2, 0.25) is 0 Å². The molecule has 2 aromatic rings. The van der Waals surface area contributed by atoms with Crippen LogP contribution in [-0.2, 0) is 17.5 Å². The first-order valence-electron chi connectivity index (χ1n) is 8.41. The molecule has 2 heterocycles. The highest BCUT2D eigenvalue weighted by atomic mass is 19.4. The summed E-state index contributed by atoms with van der Waals surface area (Å²) < 4.78 is 43.7. The van der Waals surface area contributed by atoms with Crippen LogP contribution in [0.1, 0.15) is 34.5 Å². The number of aromatic nitrogens is 1. The molecule has 0 N–H and O–H groups in total. The summed E-state index contributed by atoms with van der Waals surface area (Å²) in [4.78, 5) is 18.4. The first kappa shape index (κ1) is 18.4. The van der Waals surface area contributed by atoms with Crippen molar-refractivity contribution in [2.24, 2.45) is 0 Å². The van der Waals surface area contributed by atoms with Crippen LogP contribution in [0.3, 0.4) is 0 Å². The summed E-state index contributed by atoms with van der Waals surface area (Å²) in [7, 11) is 0. The summed E-state index contributed by atoms with van der Waals surface area (Å²) >= 11 is 0. The van der Waals surface area contributed by atoms with Gasteiger partial charge in [-0.3, -0.25) is 9.78 Å². The number of hydrogen-bond acceptors (Lipinski definition) is 3. The van der Waals surface area contributed by atoms with E-state index in [-0.39, 0.29) is 17.6 Å². The van der Waals surface area contributed by atoms with Crippen LogP contribution >= 0.6 is 0 Å². The number of halogens is 3. The molecular formula is C19H19F3N2O2. The second kappa shape index (κ2) is 7.86. The Kier molecular flexibility index (Phi) is 5.56. The predicted octanol–water partition coefficient (Wildman–Crippen LogP) is 3.92. The molecule has 1 aliphatic rings. The van der Waals surface area contributed by atoms with Crippen LogP contribution in [0.5, 0.6) is 0 Å². The van der Waals surface area contributed by atoms with Crippen molar-refractivity contribution in [1.29, 1.82) is 0 Å². The van der Waals surface area contributed by atoms with Crippen molar-refractivity contribution in [3.8, 4) is 0 Å². The zero-order valence-corrected chi connectivity index (χ0v) is 14.1. The summed E-state index contributed by atoms with van der Waals surface area (Å²) in [6.07, 6.45) is -1.19. The number of ether oxygens (including phenoxy) is 1. The molecule has 1 aromatic heterocycles. The molecule has 0 aliphatic carbocycles. The fourth-order valence-corrected chi connectivity index (χ4v) is 2.93. The lowest BCUT2D eigenvalue weighted by molar-refractivity contribution is -0.137. The Balaban J connectivity index is 1.59. The molecular weight excluding hydrogens is 345 g/mol. The smallest absolute Gasteiger partial charge is 0.370 e. The average Bonchev–Trinajstić information content (AvgIpc) is 2.66. The summed E-state index contributed by atoms with van der Waals surface area (Å²) in [5, 5.41) is 0. The van der Waals surface area contributed by atoms with Crippen LogP contribution in [0.4, 0.5) is 13.2 Å². The van der Waals surface area contributed by atoms with E-state index in [1.54, 1.807) is 11.1 Å². The van der Waals surface area contributed by atoms with Gasteiger partial charge in [0.05, 0.1) is 24.0 Å². The van der Waals surface area contributed by atoms with E-state index < -0.39 is 11.7 Å². The summed E-state index contributed by atoms with van der Waals surface area (Å²) in [6.45, 7) is 1.36. The monoisotopic (exact) mass is 364 g/mol. The SMILES string of the molecule is O=C(c1ccc(C(F)(F)F)cc1)N1CCC[C@@H](OCc2ccccn2)C1. The fourth-order valence-electron chi connectivity index (χ4n) is 2.93. The molecule has 0 spiro atoms. The molecule has 26 heavy (non-hydrogen) atoms. The minimum absolute atomic E-state index is 0.107. The minimum atomic E-state index is -4.41. The van der Waals surface area contributed by atoms with Gasteiger partial charge in [0.15, 0.2) is 0 Å². The van der Waals surface area contributed by atoms with Crippen molar-refractivity contribution < 1.29 is 22.7 Å². The maximum Gasteiger partial charge on any atom is 0.416 e. The number of likely N-dealkylation sites (tertiary alicyclic amines) is 1. The normalized spacial score (nSPS) is 18.0. The van der Waals surface area contributed by atoms with Crippen molar-refractivity contribution in [2.75, 3.05) is 13.1 Å². The number of benzene rings is 1. The molecule has 1 saturated heterocycles. The van der Waals surface area contributed by atoms with Gasteiger partial charge in [0.25, 0.3) is 5.91 Å². The molecule has 0 radical (unpaired) electrons. The van der Waals surface area contributed by atoms with Gasteiger partial charge in [-0.1, -0.05) is 6.07 Å². The van der Waals surface area contributed by atoms with Gasteiger partial charge in [0, 0.05) is 24.8 Å². The Morgan fingerprint density at radius 2 is 1.96 bits per heavy atom. The number of carbonyl (C=O) groups excluding carboxylic acids is 1. The zero-order chi connectivity index (χ0) is 18.6. The Morgan fingerprint density at radius 3 is 2.62 bits per heavy atom. The predicted molar refractivity (Wildman–Crippen MR) is 89.4 cm³/mol. The largest absolute Gasteiger partial charge is 0.416 e. The molecule has 138 valence electrons. The summed E-state index contributed by atoms with van der Waals surface area (Å²) in [5.74, 6) is -0.273. The lowest BCUT2D eigenvalue weighted by atomic mass is 10.1. The first-order valence-corrected chi connectivity index (χ1v) is 8.41. The molecule has 7 heteroatoms. The van der Waals surface area contributed by atoms with E-state index >= 15 is 0 Å². The van der Waals surface area contributed by atoms with Crippen LogP contribution < -0.4 is 0 Å². The van der Waals surface area contributed by atoms with E-state index in [4.69, 9.17) is 4.74 Å². The number of nitrogens with zero attached hydrogens (tertiary/aromatic N) is 2. The lowest BCUT2D eigenvalue weighted by Crippen LogP contribution is -2.43. The zero-order valence-electron chi connectivity index (χ0n) is 14.1. The first-order chi connectivity index (χ1) is 12.4. The molecule has 1 atom stereocenters. The molecule has 1 amide bonds. The molecule has 3 rings (SSSR count). The Bertz CT molecular complexity index is 733. The third-order valence-electron chi connectivity index (χ3n) is 4.32. The number of amides is 1. The van der Waals surface area contributed by atoms with Crippen molar-refractivity contribution in [1.82, 2.24) is 9.88 Å². The van der Waals surface area contributed by atoms with Crippen LogP contribution in [0.15, 0.2) is 48.7 Å². The highest BCUT2D eigenvalue weighted by Gasteiger charge is 2.31. The highest BCUT2D eigenvalue weighted by molar-refractivity contribution is 5.94. The molecule has 0 saturated carbocycles. The van der Waals surface area contributed by atoms with E-state index in [2.05, 4.69) is 4.98 Å². The van der Waals surface area contributed by atoms with Gasteiger partial charge in [0.1, 0.15) is 0 Å². The lowest BCUT2D eigenvalue weighted by Gasteiger charge is -2.32. The molecule has 4 nitrogen and oxygen atoms in total. The van der Waals surface area contributed by atoms with Crippen LogP contribution in [0.2, 0.25) is 0 Å². The third kappa shape index (κ3) is 4.60. The van der Waals surface area contributed by atoms with Crippen LogP contribution in [-0.4, -0.2) is 35.0 Å². The second-order valence-electron chi connectivity index (χ2n) is 6.22. The average molecular weight is 364 g/mol. The molecule has 1 aliphatic heterocycles. The third-order valence-corrected chi connectivity index (χ3v) is 4.32. The Hall–Kier alpha value is -2.41. The van der Waals surface area contributed by atoms with Gasteiger partial charge >= 0.3 is 6.18 Å². The maximum absolute atomic E-state index is 12.6. The molecule has 0 bridgehead atoms. The number of piperidine rings is 1. The van der Waals surface area contributed by atoms with Gasteiger partial charge < -0.3 is 9.64 Å². The van der Waals surface area contributed by atoms with Crippen molar-refractivity contribution in [3.05, 3.63) is 65.5 Å². The van der Waals surface area contributed by atoms with Crippen LogP contribution in [0, 0.1) is 0 Å². The summed E-state index contributed by atoms with van der Waals surface area (Å²) in [6, 6.07) is 9.90. The number of carbonyl (C=O) groups is 1. The number of pyridine rings is 1. The van der Waals surface area contributed by atoms with Crippen molar-refractivity contribution in [2.45, 2.75) is 31.7 Å².